The second-order valence-corrected chi connectivity index (χ2v) is 3.41. The molecule has 0 spiro atoms. The summed E-state index contributed by atoms with van der Waals surface area (Å²) < 4.78 is 52.8. The molecule has 0 fully saturated rings. The zero-order chi connectivity index (χ0) is 13.2. The average molecular weight is 257 g/mol. The molecule has 0 aliphatic carbocycles. The molecule has 0 N–H and O–H groups in total. The summed E-state index contributed by atoms with van der Waals surface area (Å²) in [6, 6.07) is 7.94. The van der Waals surface area contributed by atoms with Crippen molar-refractivity contribution in [1.82, 2.24) is 4.98 Å². The highest BCUT2D eigenvalue weighted by atomic mass is 19.4. The van der Waals surface area contributed by atoms with Crippen LogP contribution in [0.15, 0.2) is 42.6 Å². The molecule has 18 heavy (non-hydrogen) atoms. The fraction of sp³-hybridized carbons (Fsp3) is 0.0833. The minimum atomic E-state index is -4.74. The molecule has 94 valence electrons. The zero-order valence-corrected chi connectivity index (χ0v) is 8.91. The normalized spacial score (nSPS) is 11.3. The van der Waals surface area contributed by atoms with Crippen LogP contribution in [0.3, 0.4) is 0 Å². The number of hydrogen-bond donors (Lipinski definition) is 0. The molecule has 2 aromatic rings. The Kier molecular flexibility index (Phi) is 3.18. The topological polar surface area (TPSA) is 22.1 Å². The maximum Gasteiger partial charge on any atom is 0.573 e. The van der Waals surface area contributed by atoms with Gasteiger partial charge in [0.25, 0.3) is 0 Å². The summed E-state index contributed by atoms with van der Waals surface area (Å²) in [4.78, 5) is 3.46. The van der Waals surface area contributed by atoms with Gasteiger partial charge in [0.15, 0.2) is 0 Å². The van der Waals surface area contributed by atoms with Crippen LogP contribution >= 0.6 is 0 Å². The predicted octanol–water partition coefficient (Wildman–Crippen LogP) is 3.79. The van der Waals surface area contributed by atoms with Gasteiger partial charge in [0.1, 0.15) is 5.75 Å². The Morgan fingerprint density at radius 1 is 1.00 bits per heavy atom. The van der Waals surface area contributed by atoms with Crippen LogP contribution in [0.2, 0.25) is 0 Å². The van der Waals surface area contributed by atoms with Crippen molar-refractivity contribution in [2.75, 3.05) is 0 Å². The Morgan fingerprint density at radius 3 is 2.22 bits per heavy atom. The fourth-order valence-corrected chi connectivity index (χ4v) is 1.44. The summed E-state index contributed by atoms with van der Waals surface area (Å²) in [6.07, 6.45) is -3.44. The number of rotatable bonds is 2. The third kappa shape index (κ3) is 2.97. The summed E-state index contributed by atoms with van der Waals surface area (Å²) in [5.41, 5.74) is 0.645. The molecule has 0 aliphatic heterocycles. The summed E-state index contributed by atoms with van der Waals surface area (Å²) in [7, 11) is 0. The molecule has 0 bridgehead atoms. The Hall–Kier alpha value is -2.11. The first-order valence-corrected chi connectivity index (χ1v) is 4.92. The van der Waals surface area contributed by atoms with Crippen LogP contribution in [0, 0.1) is 5.95 Å². The van der Waals surface area contributed by atoms with E-state index in [2.05, 4.69) is 9.72 Å². The van der Waals surface area contributed by atoms with Gasteiger partial charge >= 0.3 is 6.36 Å². The fourth-order valence-electron chi connectivity index (χ4n) is 1.44. The van der Waals surface area contributed by atoms with Crippen LogP contribution in [-0.2, 0) is 0 Å². The zero-order valence-electron chi connectivity index (χ0n) is 8.91. The lowest BCUT2D eigenvalue weighted by molar-refractivity contribution is -0.274. The van der Waals surface area contributed by atoms with Crippen molar-refractivity contribution in [3.8, 4) is 16.9 Å². The molecule has 0 amide bonds. The number of ether oxygens (including phenoxy) is 1. The number of halogens is 4. The lowest BCUT2D eigenvalue weighted by Gasteiger charge is -2.09. The van der Waals surface area contributed by atoms with Gasteiger partial charge in [-0.1, -0.05) is 12.1 Å². The van der Waals surface area contributed by atoms with Crippen molar-refractivity contribution in [3.63, 3.8) is 0 Å². The standard InChI is InChI=1S/C12H7F4NO/c13-11-10(2-1-7-17-11)8-3-5-9(6-4-8)18-12(14,15)16/h1-7H. The summed E-state index contributed by atoms with van der Waals surface area (Å²) in [6.45, 7) is 0. The van der Waals surface area contributed by atoms with Gasteiger partial charge in [-0.3, -0.25) is 0 Å². The second-order valence-electron chi connectivity index (χ2n) is 3.41. The third-order valence-corrected chi connectivity index (χ3v) is 2.16. The van der Waals surface area contributed by atoms with Crippen LogP contribution in [0.25, 0.3) is 11.1 Å². The number of aromatic nitrogens is 1. The van der Waals surface area contributed by atoms with Crippen LogP contribution in [-0.4, -0.2) is 11.3 Å². The molecule has 1 aromatic carbocycles. The number of nitrogens with zero attached hydrogens (tertiary/aromatic N) is 1. The Bertz CT molecular complexity index is 537. The number of pyridine rings is 1. The molecule has 0 atom stereocenters. The molecule has 6 heteroatoms. The Balaban J connectivity index is 2.26. The molecule has 2 nitrogen and oxygen atoms in total. The molecular formula is C12H7F4NO. The van der Waals surface area contributed by atoms with Crippen LogP contribution < -0.4 is 4.74 Å². The van der Waals surface area contributed by atoms with Crippen molar-refractivity contribution >= 4 is 0 Å². The van der Waals surface area contributed by atoms with Crippen molar-refractivity contribution < 1.29 is 22.3 Å². The summed E-state index contributed by atoms with van der Waals surface area (Å²) in [5, 5.41) is 0. The maximum atomic E-state index is 13.3. The minimum absolute atomic E-state index is 0.219. The monoisotopic (exact) mass is 257 g/mol. The van der Waals surface area contributed by atoms with Crippen molar-refractivity contribution in [2.24, 2.45) is 0 Å². The molecule has 1 aromatic heterocycles. The smallest absolute Gasteiger partial charge is 0.406 e. The maximum absolute atomic E-state index is 13.3. The lowest BCUT2D eigenvalue weighted by atomic mass is 10.1. The van der Waals surface area contributed by atoms with E-state index in [0.717, 1.165) is 12.1 Å². The largest absolute Gasteiger partial charge is 0.573 e. The van der Waals surface area contributed by atoms with Gasteiger partial charge in [-0.05, 0) is 29.8 Å². The molecule has 0 aliphatic rings. The first kappa shape index (κ1) is 12.3. The Morgan fingerprint density at radius 2 is 1.67 bits per heavy atom. The van der Waals surface area contributed by atoms with Gasteiger partial charge in [-0.2, -0.15) is 4.39 Å². The van der Waals surface area contributed by atoms with Crippen molar-refractivity contribution in [3.05, 3.63) is 48.5 Å². The van der Waals surface area contributed by atoms with Gasteiger partial charge in [0, 0.05) is 11.8 Å². The SMILES string of the molecule is Fc1ncccc1-c1ccc(OC(F)(F)F)cc1. The quantitative estimate of drug-likeness (QED) is 0.603. The van der Waals surface area contributed by atoms with E-state index < -0.39 is 12.3 Å². The minimum Gasteiger partial charge on any atom is -0.406 e. The van der Waals surface area contributed by atoms with E-state index in [-0.39, 0.29) is 11.3 Å². The van der Waals surface area contributed by atoms with Crippen LogP contribution in [0.4, 0.5) is 17.6 Å². The first-order valence-electron chi connectivity index (χ1n) is 4.92. The molecular weight excluding hydrogens is 250 g/mol. The van der Waals surface area contributed by atoms with E-state index in [4.69, 9.17) is 0 Å². The third-order valence-electron chi connectivity index (χ3n) is 2.16. The number of alkyl halides is 3. The highest BCUT2D eigenvalue weighted by Gasteiger charge is 2.30. The van der Waals surface area contributed by atoms with Gasteiger partial charge < -0.3 is 4.74 Å². The molecule has 0 radical (unpaired) electrons. The van der Waals surface area contributed by atoms with Gasteiger partial charge in [0.05, 0.1) is 0 Å². The average Bonchev–Trinajstić information content (AvgIpc) is 2.29. The Labute approximate surface area is 99.8 Å². The van der Waals surface area contributed by atoms with E-state index in [9.17, 15) is 17.6 Å². The van der Waals surface area contributed by atoms with Gasteiger partial charge in [-0.15, -0.1) is 13.2 Å². The van der Waals surface area contributed by atoms with Crippen molar-refractivity contribution in [1.29, 1.82) is 0 Å². The molecule has 0 saturated heterocycles. The highest BCUT2D eigenvalue weighted by molar-refractivity contribution is 5.63. The molecule has 1 heterocycles. The van der Waals surface area contributed by atoms with Gasteiger partial charge in [0.2, 0.25) is 5.95 Å². The van der Waals surface area contributed by atoms with Crippen LogP contribution in [0.5, 0.6) is 5.75 Å². The number of benzene rings is 1. The summed E-state index contributed by atoms with van der Waals surface area (Å²) >= 11 is 0. The summed E-state index contributed by atoms with van der Waals surface area (Å²) in [5.74, 6) is -1.03. The number of hydrogen-bond acceptors (Lipinski definition) is 2. The first-order chi connectivity index (χ1) is 8.46. The van der Waals surface area contributed by atoms with Crippen LogP contribution in [0.1, 0.15) is 0 Å². The predicted molar refractivity (Wildman–Crippen MR) is 56.3 cm³/mol. The van der Waals surface area contributed by atoms with Gasteiger partial charge in [-0.25, -0.2) is 4.98 Å². The molecule has 0 unspecified atom stereocenters. The van der Waals surface area contributed by atoms with E-state index in [1.54, 1.807) is 6.07 Å². The molecule has 0 saturated carbocycles. The van der Waals surface area contributed by atoms with E-state index in [0.29, 0.717) is 5.56 Å². The second kappa shape index (κ2) is 4.64. The van der Waals surface area contributed by atoms with E-state index >= 15 is 0 Å². The lowest BCUT2D eigenvalue weighted by Crippen LogP contribution is -2.16. The molecule has 2 rings (SSSR count). The van der Waals surface area contributed by atoms with E-state index in [1.165, 1.54) is 24.4 Å². The van der Waals surface area contributed by atoms with Crippen molar-refractivity contribution in [2.45, 2.75) is 6.36 Å². The van der Waals surface area contributed by atoms with E-state index in [1.807, 2.05) is 0 Å². The highest BCUT2D eigenvalue weighted by Crippen LogP contribution is 2.27.